The Labute approximate surface area is 114 Å². The molecule has 2 aromatic rings. The van der Waals surface area contributed by atoms with E-state index in [0.717, 1.165) is 10.5 Å². The van der Waals surface area contributed by atoms with Crippen LogP contribution in [0.3, 0.4) is 0 Å². The summed E-state index contributed by atoms with van der Waals surface area (Å²) in [6.07, 6.45) is 0. The van der Waals surface area contributed by atoms with Crippen LogP contribution in [0.1, 0.15) is 11.1 Å². The second kappa shape index (κ2) is 5.75. The van der Waals surface area contributed by atoms with Crippen LogP contribution in [0.5, 0.6) is 0 Å². The average molecular weight is 276 g/mol. The zero-order valence-electron chi connectivity index (χ0n) is 10.3. The summed E-state index contributed by atoms with van der Waals surface area (Å²) in [7, 11) is 0. The molecule has 0 aliphatic heterocycles. The van der Waals surface area contributed by atoms with Crippen molar-refractivity contribution in [3.63, 3.8) is 0 Å². The number of nitrogens with zero attached hydrogens (tertiary/aromatic N) is 1. The van der Waals surface area contributed by atoms with Gasteiger partial charge in [0.25, 0.3) is 0 Å². The highest BCUT2D eigenvalue weighted by Crippen LogP contribution is 2.31. The largest absolute Gasteiger partial charge is 0.409 e. The summed E-state index contributed by atoms with van der Waals surface area (Å²) < 4.78 is 13.8. The van der Waals surface area contributed by atoms with Crippen molar-refractivity contribution in [2.24, 2.45) is 10.9 Å². The van der Waals surface area contributed by atoms with E-state index in [1.165, 1.54) is 17.8 Å². The van der Waals surface area contributed by atoms with Gasteiger partial charge in [-0.2, -0.15) is 0 Å². The lowest BCUT2D eigenvalue weighted by molar-refractivity contribution is 0.318. The summed E-state index contributed by atoms with van der Waals surface area (Å²) in [5.74, 6) is -0.736. The van der Waals surface area contributed by atoms with E-state index in [2.05, 4.69) is 5.16 Å². The van der Waals surface area contributed by atoms with Crippen molar-refractivity contribution in [2.75, 3.05) is 0 Å². The van der Waals surface area contributed by atoms with Gasteiger partial charge in [-0.15, -0.1) is 0 Å². The molecular weight excluding hydrogens is 263 g/mol. The summed E-state index contributed by atoms with van der Waals surface area (Å²) >= 11 is 1.37. The SMILES string of the molecule is Cc1ccc(Sc2cccc(F)c2C(N)=NO)cc1. The first-order valence-electron chi connectivity index (χ1n) is 5.62. The molecule has 0 atom stereocenters. The van der Waals surface area contributed by atoms with E-state index in [1.807, 2.05) is 31.2 Å². The highest BCUT2D eigenvalue weighted by atomic mass is 32.2. The van der Waals surface area contributed by atoms with Gasteiger partial charge in [-0.25, -0.2) is 4.39 Å². The van der Waals surface area contributed by atoms with Crippen LogP contribution >= 0.6 is 11.8 Å². The number of halogens is 1. The molecule has 0 saturated heterocycles. The lowest BCUT2D eigenvalue weighted by Gasteiger charge is -2.09. The first kappa shape index (κ1) is 13.4. The maximum absolute atomic E-state index is 13.8. The van der Waals surface area contributed by atoms with Crippen molar-refractivity contribution in [2.45, 2.75) is 16.7 Å². The van der Waals surface area contributed by atoms with Gasteiger partial charge in [0.15, 0.2) is 5.84 Å². The summed E-state index contributed by atoms with van der Waals surface area (Å²) in [6.45, 7) is 2.00. The van der Waals surface area contributed by atoms with Crippen LogP contribution in [0.15, 0.2) is 57.4 Å². The predicted octanol–water partition coefficient (Wildman–Crippen LogP) is 3.38. The number of nitrogens with two attached hydrogens (primary N) is 1. The normalized spacial score (nSPS) is 11.6. The van der Waals surface area contributed by atoms with Crippen molar-refractivity contribution in [1.82, 2.24) is 0 Å². The van der Waals surface area contributed by atoms with E-state index in [9.17, 15) is 4.39 Å². The molecule has 19 heavy (non-hydrogen) atoms. The number of aryl methyl sites for hydroxylation is 1. The summed E-state index contributed by atoms with van der Waals surface area (Å²) in [4.78, 5) is 1.57. The zero-order valence-corrected chi connectivity index (χ0v) is 11.1. The van der Waals surface area contributed by atoms with Crippen LogP contribution in [0.4, 0.5) is 4.39 Å². The van der Waals surface area contributed by atoms with Gasteiger partial charge < -0.3 is 10.9 Å². The van der Waals surface area contributed by atoms with Gasteiger partial charge in [0.2, 0.25) is 0 Å². The topological polar surface area (TPSA) is 58.6 Å². The monoisotopic (exact) mass is 276 g/mol. The summed E-state index contributed by atoms with van der Waals surface area (Å²) in [6, 6.07) is 12.5. The van der Waals surface area contributed by atoms with Gasteiger partial charge in [0.1, 0.15) is 5.82 Å². The molecule has 0 saturated carbocycles. The maximum Gasteiger partial charge on any atom is 0.174 e. The Kier molecular flexibility index (Phi) is 4.06. The fraction of sp³-hybridized carbons (Fsp3) is 0.0714. The first-order chi connectivity index (χ1) is 9.11. The maximum atomic E-state index is 13.8. The molecule has 98 valence electrons. The van der Waals surface area contributed by atoms with Crippen molar-refractivity contribution < 1.29 is 9.60 Å². The third kappa shape index (κ3) is 3.06. The molecule has 0 aliphatic rings. The standard InChI is InChI=1S/C14H13FN2OS/c1-9-5-7-10(8-6-9)19-12-4-2-3-11(15)13(12)14(16)17-18/h2-8,18H,1H3,(H2,16,17). The first-order valence-corrected chi connectivity index (χ1v) is 6.44. The van der Waals surface area contributed by atoms with Gasteiger partial charge in [-0.3, -0.25) is 0 Å². The second-order valence-electron chi connectivity index (χ2n) is 4.01. The smallest absolute Gasteiger partial charge is 0.174 e. The Morgan fingerprint density at radius 2 is 1.89 bits per heavy atom. The average Bonchev–Trinajstić information content (AvgIpc) is 2.41. The predicted molar refractivity (Wildman–Crippen MR) is 74.2 cm³/mol. The van der Waals surface area contributed by atoms with Gasteiger partial charge in [0, 0.05) is 9.79 Å². The number of hydrogen-bond acceptors (Lipinski definition) is 3. The molecule has 3 nitrogen and oxygen atoms in total. The molecular formula is C14H13FN2OS. The molecule has 0 spiro atoms. The lowest BCUT2D eigenvalue weighted by Crippen LogP contribution is -2.16. The second-order valence-corrected chi connectivity index (χ2v) is 5.13. The Bertz CT molecular complexity index is 611. The molecule has 0 unspecified atom stereocenters. The highest BCUT2D eigenvalue weighted by molar-refractivity contribution is 7.99. The number of amidine groups is 1. The Hall–Kier alpha value is -2.01. The quantitative estimate of drug-likeness (QED) is 0.391. The third-order valence-corrected chi connectivity index (χ3v) is 3.66. The minimum atomic E-state index is -0.507. The lowest BCUT2D eigenvalue weighted by atomic mass is 10.2. The minimum Gasteiger partial charge on any atom is -0.409 e. The Balaban J connectivity index is 2.40. The van der Waals surface area contributed by atoms with Crippen LogP contribution in [0.2, 0.25) is 0 Å². The fourth-order valence-corrected chi connectivity index (χ4v) is 2.60. The molecule has 5 heteroatoms. The molecule has 0 amide bonds. The molecule has 0 heterocycles. The minimum absolute atomic E-state index is 0.121. The zero-order chi connectivity index (χ0) is 13.8. The van der Waals surface area contributed by atoms with Gasteiger partial charge >= 0.3 is 0 Å². The van der Waals surface area contributed by atoms with Crippen LogP contribution in [0, 0.1) is 12.7 Å². The van der Waals surface area contributed by atoms with Crippen LogP contribution in [-0.2, 0) is 0 Å². The molecule has 2 aromatic carbocycles. The number of benzene rings is 2. The number of hydrogen-bond donors (Lipinski definition) is 2. The van der Waals surface area contributed by atoms with Gasteiger partial charge in [0.05, 0.1) is 5.56 Å². The van der Waals surface area contributed by atoms with Crippen molar-refractivity contribution in [3.8, 4) is 0 Å². The third-order valence-electron chi connectivity index (χ3n) is 2.59. The molecule has 0 aliphatic carbocycles. The molecule has 0 aromatic heterocycles. The van der Waals surface area contributed by atoms with Crippen LogP contribution in [0.25, 0.3) is 0 Å². The Morgan fingerprint density at radius 1 is 1.21 bits per heavy atom. The Morgan fingerprint density at radius 3 is 2.53 bits per heavy atom. The molecule has 0 bridgehead atoms. The highest BCUT2D eigenvalue weighted by Gasteiger charge is 2.13. The summed E-state index contributed by atoms with van der Waals surface area (Å²) in [5, 5.41) is 11.6. The fourth-order valence-electron chi connectivity index (χ4n) is 1.62. The van der Waals surface area contributed by atoms with E-state index >= 15 is 0 Å². The molecule has 0 fully saturated rings. The number of rotatable bonds is 3. The van der Waals surface area contributed by atoms with E-state index in [-0.39, 0.29) is 11.4 Å². The van der Waals surface area contributed by atoms with E-state index in [4.69, 9.17) is 10.9 Å². The van der Waals surface area contributed by atoms with E-state index in [1.54, 1.807) is 12.1 Å². The van der Waals surface area contributed by atoms with Crippen LogP contribution in [-0.4, -0.2) is 11.0 Å². The van der Waals surface area contributed by atoms with Crippen LogP contribution < -0.4 is 5.73 Å². The van der Waals surface area contributed by atoms with Gasteiger partial charge in [-0.1, -0.05) is 40.7 Å². The number of oxime groups is 1. The van der Waals surface area contributed by atoms with Gasteiger partial charge in [-0.05, 0) is 31.2 Å². The molecule has 3 N–H and O–H groups in total. The van der Waals surface area contributed by atoms with E-state index < -0.39 is 5.82 Å². The van der Waals surface area contributed by atoms with Crippen molar-refractivity contribution >= 4 is 17.6 Å². The molecule has 0 radical (unpaired) electrons. The van der Waals surface area contributed by atoms with E-state index in [0.29, 0.717) is 4.90 Å². The van der Waals surface area contributed by atoms with Crippen molar-refractivity contribution in [1.29, 1.82) is 0 Å². The van der Waals surface area contributed by atoms with Crippen molar-refractivity contribution in [3.05, 3.63) is 59.4 Å². The molecule has 2 rings (SSSR count). The summed E-state index contributed by atoms with van der Waals surface area (Å²) in [5.41, 5.74) is 6.79.